The van der Waals surface area contributed by atoms with Crippen molar-refractivity contribution in [1.29, 1.82) is 0 Å². The van der Waals surface area contributed by atoms with Gasteiger partial charge in [0.2, 0.25) is 17.2 Å². The zero-order chi connectivity index (χ0) is 39.2. The van der Waals surface area contributed by atoms with Gasteiger partial charge in [0.1, 0.15) is 41.6 Å². The van der Waals surface area contributed by atoms with E-state index in [1.54, 1.807) is 6.92 Å². The molecule has 54 heavy (non-hydrogen) atoms. The van der Waals surface area contributed by atoms with Crippen LogP contribution in [0.5, 0.6) is 23.0 Å². The molecule has 0 saturated carbocycles. The average Bonchev–Trinajstić information content (AvgIpc) is 3.14. The fourth-order valence-corrected chi connectivity index (χ4v) is 7.54. The van der Waals surface area contributed by atoms with Crippen molar-refractivity contribution in [1.82, 2.24) is 14.8 Å². The van der Waals surface area contributed by atoms with Gasteiger partial charge in [0.15, 0.2) is 16.3 Å². The summed E-state index contributed by atoms with van der Waals surface area (Å²) in [5, 5.41) is 41.9. The van der Waals surface area contributed by atoms with Gasteiger partial charge in [0, 0.05) is 32.6 Å². The molecule has 1 saturated heterocycles. The minimum atomic E-state index is -1.40. The van der Waals surface area contributed by atoms with Gasteiger partial charge in [-0.05, 0) is 49.6 Å². The third kappa shape index (κ3) is 4.82. The molecule has 0 aliphatic carbocycles. The number of ether oxygens (including phenoxy) is 1. The van der Waals surface area contributed by atoms with Crippen LogP contribution in [-0.4, -0.2) is 73.4 Å². The number of phenols is 3. The molecule has 5 aromatic carbocycles. The number of aliphatic carboxylic acids is 1. The van der Waals surface area contributed by atoms with Gasteiger partial charge in [0.25, 0.3) is 5.56 Å². The van der Waals surface area contributed by atoms with E-state index in [0.717, 1.165) is 21.6 Å². The first-order chi connectivity index (χ1) is 25.5. The second-order valence-corrected chi connectivity index (χ2v) is 13.4. The first kappa shape index (κ1) is 35.6. The predicted octanol–water partition coefficient (Wildman–Crippen LogP) is 1.37. The highest BCUT2D eigenvalue weighted by atomic mass is 16.5. The Morgan fingerprint density at radius 3 is 1.98 bits per heavy atom. The molecule has 2 amide bonds. The summed E-state index contributed by atoms with van der Waals surface area (Å²) < 4.78 is 6.59. The molecular weight excluding hydrogens is 706 g/mol. The molecule has 2 heterocycles. The summed E-state index contributed by atoms with van der Waals surface area (Å²) in [6.07, 6.45) is 0.447. The Hall–Kier alpha value is -6.84. The lowest BCUT2D eigenvalue weighted by molar-refractivity contribution is -0.151. The van der Waals surface area contributed by atoms with Gasteiger partial charge in [-0.1, -0.05) is 13.8 Å². The molecule has 0 radical (unpaired) electrons. The highest BCUT2D eigenvalue weighted by Crippen LogP contribution is 2.46. The van der Waals surface area contributed by atoms with Crippen molar-refractivity contribution >= 4 is 71.6 Å². The molecular formula is C38H31N3O13. The normalized spacial score (nSPS) is 16.7. The van der Waals surface area contributed by atoms with Gasteiger partial charge >= 0.3 is 5.97 Å². The molecule has 0 spiro atoms. The summed E-state index contributed by atoms with van der Waals surface area (Å²) in [7, 11) is 1.17. The summed E-state index contributed by atoms with van der Waals surface area (Å²) in [6, 6.07) is 3.28. The average molecular weight is 738 g/mol. The van der Waals surface area contributed by atoms with Crippen LogP contribution in [0, 0.1) is 0 Å². The lowest BCUT2D eigenvalue weighted by atomic mass is 9.91. The van der Waals surface area contributed by atoms with Crippen LogP contribution < -0.4 is 37.3 Å². The Labute approximate surface area is 301 Å². The number of carbonyl (C=O) groups excluding carboxylic acids is 2. The maximum absolute atomic E-state index is 14.6. The number of carboxylic acid groups (broad SMARTS) is 1. The van der Waals surface area contributed by atoms with Gasteiger partial charge in [-0.3, -0.25) is 33.6 Å². The Morgan fingerprint density at radius 2 is 1.39 bits per heavy atom. The number of hydrogen-bond acceptors (Lipinski definition) is 12. The number of benzene rings is 5. The summed E-state index contributed by atoms with van der Waals surface area (Å²) in [5.74, 6) is -5.90. The topological polar surface area (TPSA) is 247 Å². The van der Waals surface area contributed by atoms with E-state index in [2.05, 4.69) is 5.32 Å². The third-order valence-electron chi connectivity index (χ3n) is 10.5. The molecule has 3 atom stereocenters. The Morgan fingerprint density at radius 1 is 0.815 bits per heavy atom. The van der Waals surface area contributed by atoms with Crippen molar-refractivity contribution in [3.63, 3.8) is 0 Å². The number of carbonyl (C=O) groups is 3. The van der Waals surface area contributed by atoms with Crippen LogP contribution in [0.2, 0.25) is 0 Å². The van der Waals surface area contributed by atoms with Crippen LogP contribution in [0.3, 0.4) is 0 Å². The predicted molar refractivity (Wildman–Crippen MR) is 197 cm³/mol. The largest absolute Gasteiger partial charge is 0.507 e. The zero-order valence-electron chi connectivity index (χ0n) is 29.1. The van der Waals surface area contributed by atoms with Crippen LogP contribution in [0.1, 0.15) is 38.8 Å². The first-order valence-electron chi connectivity index (χ1n) is 16.8. The second-order valence-electron chi connectivity index (χ2n) is 13.4. The van der Waals surface area contributed by atoms with Crippen LogP contribution >= 0.6 is 0 Å². The Balaban J connectivity index is 1.59. The number of piperazine rings is 1. The quantitative estimate of drug-likeness (QED) is 0.0922. The van der Waals surface area contributed by atoms with Gasteiger partial charge in [-0.15, -0.1) is 0 Å². The second kappa shape index (κ2) is 12.4. The van der Waals surface area contributed by atoms with Crippen molar-refractivity contribution in [2.75, 3.05) is 13.7 Å². The highest BCUT2D eigenvalue weighted by molar-refractivity contribution is 6.24. The summed E-state index contributed by atoms with van der Waals surface area (Å²) in [4.78, 5) is 108. The van der Waals surface area contributed by atoms with Crippen molar-refractivity contribution in [3.05, 3.63) is 87.3 Å². The molecule has 276 valence electrons. The van der Waals surface area contributed by atoms with E-state index >= 15 is 0 Å². The summed E-state index contributed by atoms with van der Waals surface area (Å²) in [5.41, 5.74) is -4.62. The van der Waals surface area contributed by atoms with E-state index < -0.39 is 131 Å². The number of nitrogens with zero attached hydrogens (tertiary/aromatic N) is 2. The molecule has 0 bridgehead atoms. The number of aromatic nitrogens is 1. The number of fused-ring (bicyclic) bond motifs is 6. The minimum absolute atomic E-state index is 0.102. The molecule has 5 N–H and O–H groups in total. The maximum atomic E-state index is 14.6. The number of rotatable bonds is 6. The highest BCUT2D eigenvalue weighted by Gasteiger charge is 2.38. The lowest BCUT2D eigenvalue weighted by Gasteiger charge is -2.36. The van der Waals surface area contributed by atoms with E-state index in [4.69, 9.17) is 4.74 Å². The van der Waals surface area contributed by atoms with Crippen molar-refractivity contribution in [2.24, 2.45) is 0 Å². The molecule has 3 unspecified atom stereocenters. The third-order valence-corrected chi connectivity index (χ3v) is 10.5. The van der Waals surface area contributed by atoms with Crippen LogP contribution in [0.4, 0.5) is 0 Å². The van der Waals surface area contributed by atoms with Crippen molar-refractivity contribution in [3.8, 4) is 23.0 Å². The number of hydrogen-bond donors (Lipinski definition) is 5. The van der Waals surface area contributed by atoms with Gasteiger partial charge in [0.05, 0.1) is 40.6 Å². The monoisotopic (exact) mass is 737 g/mol. The van der Waals surface area contributed by atoms with E-state index in [1.807, 2.05) is 6.92 Å². The molecule has 7 rings (SSSR count). The molecule has 16 nitrogen and oxygen atoms in total. The van der Waals surface area contributed by atoms with Gasteiger partial charge in [-0.2, -0.15) is 0 Å². The van der Waals surface area contributed by atoms with Gasteiger partial charge in [-0.25, -0.2) is 4.79 Å². The fourth-order valence-electron chi connectivity index (χ4n) is 7.54. The Kier molecular flexibility index (Phi) is 8.16. The smallest absolute Gasteiger partial charge is 0.328 e. The SMILES string of the molecule is CCC(C)c1cc2c(O)c3ccc4c(OC)c5c(O)c6c(=O)ccc(=O)c6c(O)c5c(=O)c4c3c(=O)c2c(=O)n1CC(=O)N1CC(C(=O)O)NC(=O)C1C. The molecule has 1 aliphatic rings. The number of phenolic OH excluding ortho intramolecular Hbond substituents is 3. The number of carboxylic acids is 1. The molecule has 1 fully saturated rings. The summed E-state index contributed by atoms with van der Waals surface area (Å²) in [6.45, 7) is 3.85. The van der Waals surface area contributed by atoms with E-state index in [9.17, 15) is 58.8 Å². The molecule has 1 aromatic heterocycles. The number of aromatic hydroxyl groups is 3. The number of pyridine rings is 1. The van der Waals surface area contributed by atoms with E-state index in [-0.39, 0.29) is 27.6 Å². The zero-order valence-corrected chi connectivity index (χ0v) is 29.1. The molecule has 16 heteroatoms. The van der Waals surface area contributed by atoms with Crippen LogP contribution in [0.25, 0.3) is 53.9 Å². The molecule has 1 aliphatic heterocycles. The van der Waals surface area contributed by atoms with E-state index in [0.29, 0.717) is 6.42 Å². The standard InChI is InChI=1S/C38H31N3O13/c1-5-13(2)19-10-17-25(37(51)41(19)12-22(44)40-11-18(38(52)53)39-36(50)14(40)3)31(46)23-15(30(17)45)6-7-16-24(23)32(47)28-29(35(16)54-4)34(49)27-21(43)9-8-20(42)26(27)33(28)48/h6-10,13-14,18,45,48-49H,5,11-12H2,1-4H3,(H,39,50)(H,52,53). The molecule has 6 aromatic rings. The van der Waals surface area contributed by atoms with Crippen LogP contribution in [0.15, 0.2) is 54.3 Å². The number of amides is 2. The fraction of sp³-hybridized carbons (Fsp3) is 0.263. The minimum Gasteiger partial charge on any atom is -0.507 e. The van der Waals surface area contributed by atoms with Crippen molar-refractivity contribution in [2.45, 2.75) is 51.7 Å². The first-order valence-corrected chi connectivity index (χ1v) is 16.8. The lowest BCUT2D eigenvalue weighted by Crippen LogP contribution is -2.63. The van der Waals surface area contributed by atoms with Crippen LogP contribution in [-0.2, 0) is 20.9 Å². The summed E-state index contributed by atoms with van der Waals surface area (Å²) >= 11 is 0. The maximum Gasteiger partial charge on any atom is 0.328 e. The number of nitrogens with one attached hydrogen (secondary N) is 1. The number of methoxy groups -OCH3 is 1. The van der Waals surface area contributed by atoms with E-state index in [1.165, 1.54) is 32.2 Å². The van der Waals surface area contributed by atoms with Crippen molar-refractivity contribution < 1.29 is 39.5 Å². The van der Waals surface area contributed by atoms with Gasteiger partial charge < -0.3 is 39.9 Å². The Bertz CT molecular complexity index is 3000.